The van der Waals surface area contributed by atoms with Gasteiger partial charge in [-0.2, -0.15) is 0 Å². The predicted molar refractivity (Wildman–Crippen MR) is 108 cm³/mol. The summed E-state index contributed by atoms with van der Waals surface area (Å²) in [5.41, 5.74) is 1.50. The summed E-state index contributed by atoms with van der Waals surface area (Å²) in [6.07, 6.45) is 0.542. The molecule has 0 aliphatic carbocycles. The molecule has 2 aromatic carbocycles. The summed E-state index contributed by atoms with van der Waals surface area (Å²) >= 11 is 0. The maximum absolute atomic E-state index is 12.7. The number of hydrogen-bond acceptors (Lipinski definition) is 5. The van der Waals surface area contributed by atoms with Crippen molar-refractivity contribution in [2.24, 2.45) is 0 Å². The van der Waals surface area contributed by atoms with Crippen LogP contribution in [-0.2, 0) is 27.4 Å². The number of aliphatic carboxylic acids is 1. The fourth-order valence-electron chi connectivity index (χ4n) is 3.40. The molecule has 2 aromatic rings. The normalized spacial score (nSPS) is 16.7. The third-order valence-electron chi connectivity index (χ3n) is 4.99. The van der Waals surface area contributed by atoms with Crippen LogP contribution in [0.1, 0.15) is 24.0 Å². The van der Waals surface area contributed by atoms with Gasteiger partial charge in [-0.25, -0.2) is 9.59 Å². The number of aromatic hydroxyl groups is 1. The molecule has 1 saturated heterocycles. The van der Waals surface area contributed by atoms with Gasteiger partial charge in [0, 0.05) is 13.0 Å². The van der Waals surface area contributed by atoms with Gasteiger partial charge in [-0.3, -0.25) is 9.69 Å². The topological polar surface area (TPSA) is 116 Å². The molecule has 8 nitrogen and oxygen atoms in total. The van der Waals surface area contributed by atoms with E-state index in [9.17, 15) is 24.6 Å². The van der Waals surface area contributed by atoms with E-state index in [1.807, 2.05) is 30.3 Å². The minimum absolute atomic E-state index is 0.0620. The van der Waals surface area contributed by atoms with E-state index in [2.05, 4.69) is 5.32 Å². The number of hydrogen-bond donors (Lipinski definition) is 3. The van der Waals surface area contributed by atoms with Crippen molar-refractivity contribution in [1.82, 2.24) is 10.2 Å². The van der Waals surface area contributed by atoms with Gasteiger partial charge in [0.15, 0.2) is 0 Å². The third kappa shape index (κ3) is 5.50. The highest BCUT2D eigenvalue weighted by atomic mass is 16.6. The summed E-state index contributed by atoms with van der Waals surface area (Å²) in [6, 6.07) is 13.4. The first-order chi connectivity index (χ1) is 14.4. The molecule has 1 heterocycles. The molecule has 0 saturated carbocycles. The van der Waals surface area contributed by atoms with Crippen LogP contribution in [-0.4, -0.2) is 51.7 Å². The van der Waals surface area contributed by atoms with Crippen molar-refractivity contribution in [3.8, 4) is 5.75 Å². The van der Waals surface area contributed by atoms with Crippen LogP contribution in [0.25, 0.3) is 0 Å². The van der Waals surface area contributed by atoms with E-state index >= 15 is 0 Å². The molecule has 8 heteroatoms. The van der Waals surface area contributed by atoms with Gasteiger partial charge in [-0.05, 0) is 36.1 Å². The number of carboxylic acid groups (broad SMARTS) is 1. The molecule has 0 aromatic heterocycles. The van der Waals surface area contributed by atoms with E-state index in [1.54, 1.807) is 12.1 Å². The molecule has 0 radical (unpaired) electrons. The quantitative estimate of drug-likeness (QED) is 0.643. The summed E-state index contributed by atoms with van der Waals surface area (Å²) in [5.74, 6) is -1.62. The van der Waals surface area contributed by atoms with E-state index in [1.165, 1.54) is 17.0 Å². The fourth-order valence-corrected chi connectivity index (χ4v) is 3.40. The molecule has 30 heavy (non-hydrogen) atoms. The van der Waals surface area contributed by atoms with Gasteiger partial charge in [0.1, 0.15) is 24.4 Å². The number of carbonyl (C=O) groups excluding carboxylic acids is 2. The Balaban J connectivity index is 1.59. The van der Waals surface area contributed by atoms with Crippen LogP contribution >= 0.6 is 0 Å². The summed E-state index contributed by atoms with van der Waals surface area (Å²) in [4.78, 5) is 38.2. The summed E-state index contributed by atoms with van der Waals surface area (Å²) < 4.78 is 5.32. The van der Waals surface area contributed by atoms with Gasteiger partial charge in [-0.15, -0.1) is 0 Å². The first kappa shape index (κ1) is 21.2. The van der Waals surface area contributed by atoms with Crippen molar-refractivity contribution in [1.29, 1.82) is 0 Å². The average molecular weight is 412 g/mol. The van der Waals surface area contributed by atoms with Crippen LogP contribution in [0.15, 0.2) is 54.6 Å². The molecule has 0 spiro atoms. The number of likely N-dealkylation sites (tertiary alicyclic amines) is 1. The Hall–Kier alpha value is -3.55. The number of benzene rings is 2. The summed E-state index contributed by atoms with van der Waals surface area (Å²) in [5, 5.41) is 21.4. The van der Waals surface area contributed by atoms with E-state index < -0.39 is 30.1 Å². The fraction of sp³-hybridized carbons (Fsp3) is 0.318. The zero-order valence-electron chi connectivity index (χ0n) is 16.4. The Kier molecular flexibility index (Phi) is 6.90. The monoisotopic (exact) mass is 412 g/mol. The van der Waals surface area contributed by atoms with Gasteiger partial charge in [0.2, 0.25) is 5.91 Å². The van der Waals surface area contributed by atoms with Gasteiger partial charge in [0.05, 0.1) is 0 Å². The second-order valence-corrected chi connectivity index (χ2v) is 7.16. The first-order valence-electron chi connectivity index (χ1n) is 9.72. The Labute approximate surface area is 174 Å². The van der Waals surface area contributed by atoms with Crippen molar-refractivity contribution in [2.75, 3.05) is 6.54 Å². The molecule has 3 N–H and O–H groups in total. The van der Waals surface area contributed by atoms with Crippen LogP contribution in [0.5, 0.6) is 5.75 Å². The molecule has 0 bridgehead atoms. The molecular formula is C22H24N2O6. The Morgan fingerprint density at radius 1 is 1.07 bits per heavy atom. The number of amides is 2. The zero-order valence-corrected chi connectivity index (χ0v) is 16.4. The van der Waals surface area contributed by atoms with Crippen LogP contribution in [0.4, 0.5) is 4.79 Å². The lowest BCUT2D eigenvalue weighted by atomic mass is 10.0. The van der Waals surface area contributed by atoms with Crippen molar-refractivity contribution >= 4 is 18.0 Å². The molecule has 158 valence electrons. The lowest BCUT2D eigenvalue weighted by Gasteiger charge is -2.25. The predicted octanol–water partition coefficient (Wildman–Crippen LogP) is 2.31. The van der Waals surface area contributed by atoms with Crippen LogP contribution in [0.3, 0.4) is 0 Å². The molecule has 1 aliphatic heterocycles. The highest BCUT2D eigenvalue weighted by molar-refractivity contribution is 5.89. The Morgan fingerprint density at radius 2 is 1.77 bits per heavy atom. The Bertz CT molecular complexity index is 884. The van der Waals surface area contributed by atoms with Gasteiger partial charge < -0.3 is 20.3 Å². The lowest BCUT2D eigenvalue weighted by molar-refractivity contribution is -0.142. The first-order valence-corrected chi connectivity index (χ1v) is 9.72. The lowest BCUT2D eigenvalue weighted by Crippen LogP contribution is -2.51. The van der Waals surface area contributed by atoms with Crippen molar-refractivity contribution in [3.05, 3.63) is 65.7 Å². The van der Waals surface area contributed by atoms with E-state index in [0.717, 1.165) is 5.56 Å². The number of nitrogens with one attached hydrogen (secondary N) is 1. The van der Waals surface area contributed by atoms with Gasteiger partial charge >= 0.3 is 12.1 Å². The number of phenolic OH excluding ortho intramolecular Hbond substituents is 1. The van der Waals surface area contributed by atoms with E-state index in [0.29, 0.717) is 24.9 Å². The smallest absolute Gasteiger partial charge is 0.410 e. The highest BCUT2D eigenvalue weighted by Crippen LogP contribution is 2.20. The molecular weight excluding hydrogens is 388 g/mol. The second-order valence-electron chi connectivity index (χ2n) is 7.16. The zero-order chi connectivity index (χ0) is 21.5. The van der Waals surface area contributed by atoms with Crippen LogP contribution < -0.4 is 5.32 Å². The number of carboxylic acids is 1. The molecule has 2 unspecified atom stereocenters. The number of nitrogens with zero attached hydrogens (tertiary/aromatic N) is 1. The van der Waals surface area contributed by atoms with Crippen LogP contribution in [0.2, 0.25) is 0 Å². The number of rotatable bonds is 7. The van der Waals surface area contributed by atoms with Gasteiger partial charge in [-0.1, -0.05) is 42.5 Å². The Morgan fingerprint density at radius 3 is 2.43 bits per heavy atom. The second kappa shape index (κ2) is 9.78. The summed E-state index contributed by atoms with van der Waals surface area (Å²) in [6.45, 7) is 0.477. The number of phenols is 1. The minimum Gasteiger partial charge on any atom is -0.508 e. The summed E-state index contributed by atoms with van der Waals surface area (Å²) in [7, 11) is 0. The van der Waals surface area contributed by atoms with E-state index in [4.69, 9.17) is 4.74 Å². The highest BCUT2D eigenvalue weighted by Gasteiger charge is 2.36. The van der Waals surface area contributed by atoms with Crippen LogP contribution in [0, 0.1) is 0 Å². The standard InChI is InChI=1S/C22H24N2O6/c25-17-10-8-15(9-11-17)13-18(21(27)28)23-20(26)19-7-4-12-24(19)22(29)30-14-16-5-2-1-3-6-16/h1-3,5-6,8-11,18-19,25H,4,7,12-14H2,(H,23,26)(H,27,28). The molecule has 1 aliphatic rings. The third-order valence-corrected chi connectivity index (χ3v) is 4.99. The molecule has 2 amide bonds. The largest absolute Gasteiger partial charge is 0.508 e. The van der Waals surface area contributed by atoms with Crippen molar-refractivity contribution in [2.45, 2.75) is 38.0 Å². The number of ether oxygens (including phenoxy) is 1. The SMILES string of the molecule is O=C(O)C(Cc1ccc(O)cc1)NC(=O)C1CCCN1C(=O)OCc1ccccc1. The number of carbonyl (C=O) groups is 3. The minimum atomic E-state index is -1.17. The van der Waals surface area contributed by atoms with Crippen molar-refractivity contribution in [3.63, 3.8) is 0 Å². The molecule has 2 atom stereocenters. The van der Waals surface area contributed by atoms with Gasteiger partial charge in [0.25, 0.3) is 0 Å². The average Bonchev–Trinajstić information content (AvgIpc) is 3.24. The molecule has 1 fully saturated rings. The van der Waals surface area contributed by atoms with Crippen molar-refractivity contribution < 1.29 is 29.3 Å². The van der Waals surface area contributed by atoms with E-state index in [-0.39, 0.29) is 18.8 Å². The maximum atomic E-state index is 12.7. The maximum Gasteiger partial charge on any atom is 0.410 e. The molecule has 3 rings (SSSR count).